The zero-order valence-electron chi connectivity index (χ0n) is 18.9. The van der Waals surface area contributed by atoms with E-state index in [1.807, 2.05) is 25.1 Å². The number of nitrogens with zero attached hydrogens (tertiary/aromatic N) is 2. The van der Waals surface area contributed by atoms with Crippen molar-refractivity contribution in [2.75, 3.05) is 32.6 Å². The van der Waals surface area contributed by atoms with Crippen molar-refractivity contribution >= 4 is 17.3 Å². The summed E-state index contributed by atoms with van der Waals surface area (Å²) in [4.78, 5) is 18.3. The lowest BCUT2D eigenvalue weighted by atomic mass is 9.77. The van der Waals surface area contributed by atoms with Crippen LogP contribution in [0.25, 0.3) is 4.85 Å². The second kappa shape index (κ2) is 9.40. The summed E-state index contributed by atoms with van der Waals surface area (Å²) < 4.78 is 11.1. The number of carbonyl (C=O) groups excluding carboxylic acids is 1. The van der Waals surface area contributed by atoms with E-state index < -0.39 is 0 Å². The van der Waals surface area contributed by atoms with Gasteiger partial charge in [0.15, 0.2) is 5.69 Å². The zero-order chi connectivity index (χ0) is 22.6. The number of nitrogens with one attached hydrogen (secondary N) is 1. The maximum Gasteiger partial charge on any atom is 0.338 e. The van der Waals surface area contributed by atoms with Crippen LogP contribution in [0.5, 0.6) is 5.75 Å². The molecule has 0 saturated carbocycles. The predicted molar refractivity (Wildman–Crippen MR) is 123 cm³/mol. The molecule has 0 bridgehead atoms. The molecule has 1 N–H and O–H groups in total. The van der Waals surface area contributed by atoms with Gasteiger partial charge in [-0.3, -0.25) is 0 Å². The van der Waals surface area contributed by atoms with Gasteiger partial charge in [-0.1, -0.05) is 19.9 Å². The monoisotopic (exact) mass is 421 g/mol. The van der Waals surface area contributed by atoms with Crippen LogP contribution in [-0.4, -0.2) is 44.2 Å². The van der Waals surface area contributed by atoms with Crippen molar-refractivity contribution in [3.63, 3.8) is 0 Å². The molecule has 0 aliphatic carbocycles. The molecule has 1 aliphatic heterocycles. The molecule has 2 unspecified atom stereocenters. The Balaban J connectivity index is 1.71. The van der Waals surface area contributed by atoms with Crippen LogP contribution < -0.4 is 10.1 Å². The summed E-state index contributed by atoms with van der Waals surface area (Å²) in [5.41, 5.74) is 3.05. The summed E-state index contributed by atoms with van der Waals surface area (Å²) in [7, 11) is 4.11. The fourth-order valence-corrected chi connectivity index (χ4v) is 3.92. The van der Waals surface area contributed by atoms with Gasteiger partial charge in [-0.2, -0.15) is 0 Å². The number of ether oxygens (including phenoxy) is 2. The highest BCUT2D eigenvalue weighted by Crippen LogP contribution is 2.42. The SMILES string of the molecule is [C-]#[N+]c1ccc2c(c1)C(N(C)C)CC(C(C)(C)COC(=O)c1ccc(OCC)cc1)N2. The van der Waals surface area contributed by atoms with E-state index in [4.69, 9.17) is 16.0 Å². The van der Waals surface area contributed by atoms with E-state index in [9.17, 15) is 4.79 Å². The molecule has 1 aliphatic rings. The fourth-order valence-electron chi connectivity index (χ4n) is 3.92. The number of rotatable bonds is 7. The highest BCUT2D eigenvalue weighted by atomic mass is 16.5. The summed E-state index contributed by atoms with van der Waals surface area (Å²) in [6.45, 7) is 14.3. The molecule has 164 valence electrons. The minimum Gasteiger partial charge on any atom is -0.494 e. The van der Waals surface area contributed by atoms with E-state index in [0.717, 1.165) is 23.4 Å². The molecule has 0 radical (unpaired) electrons. The van der Waals surface area contributed by atoms with E-state index in [2.05, 4.69) is 43.0 Å². The summed E-state index contributed by atoms with van der Waals surface area (Å²) in [5, 5.41) is 3.62. The molecule has 3 rings (SSSR count). The minimum absolute atomic E-state index is 0.110. The fraction of sp³-hybridized carbons (Fsp3) is 0.440. The Kier molecular flexibility index (Phi) is 6.87. The largest absolute Gasteiger partial charge is 0.494 e. The van der Waals surface area contributed by atoms with Crippen LogP contribution in [0.3, 0.4) is 0 Å². The third kappa shape index (κ3) is 5.18. The second-order valence-corrected chi connectivity index (χ2v) is 8.82. The molecule has 0 aromatic heterocycles. The number of hydrogen-bond acceptors (Lipinski definition) is 5. The van der Waals surface area contributed by atoms with Gasteiger partial charge in [0.05, 0.1) is 25.3 Å². The van der Waals surface area contributed by atoms with Gasteiger partial charge in [0.2, 0.25) is 0 Å². The molecule has 2 aromatic rings. The Morgan fingerprint density at radius 1 is 1.23 bits per heavy atom. The standard InChI is InChI=1S/C25H31N3O3/c1-7-30-19-11-8-17(9-12-19)24(29)31-16-25(2,3)23-15-22(28(5)6)20-14-18(26-4)10-13-21(20)27-23/h8-14,22-23,27H,7,15-16H2,1-3,5-6H3. The topological polar surface area (TPSA) is 55.2 Å². The van der Waals surface area contributed by atoms with Crippen molar-refractivity contribution in [2.24, 2.45) is 5.41 Å². The van der Waals surface area contributed by atoms with Crippen molar-refractivity contribution in [2.45, 2.75) is 39.3 Å². The van der Waals surface area contributed by atoms with Crippen molar-refractivity contribution in [3.05, 3.63) is 65.0 Å². The van der Waals surface area contributed by atoms with Crippen LogP contribution in [0.4, 0.5) is 11.4 Å². The van der Waals surface area contributed by atoms with Crippen molar-refractivity contribution in [3.8, 4) is 5.75 Å². The lowest BCUT2D eigenvalue weighted by molar-refractivity contribution is 0.0285. The van der Waals surface area contributed by atoms with Crippen LogP contribution in [-0.2, 0) is 4.74 Å². The third-order valence-electron chi connectivity index (χ3n) is 5.85. The molecular weight excluding hydrogens is 390 g/mol. The molecule has 6 heteroatoms. The third-order valence-corrected chi connectivity index (χ3v) is 5.85. The molecule has 2 aromatic carbocycles. The molecule has 0 fully saturated rings. The molecule has 0 saturated heterocycles. The number of fused-ring (bicyclic) bond motifs is 1. The summed E-state index contributed by atoms with van der Waals surface area (Å²) in [6, 6.07) is 13.1. The maximum atomic E-state index is 12.6. The van der Waals surface area contributed by atoms with Gasteiger partial charge in [0, 0.05) is 23.2 Å². The first-order valence-electron chi connectivity index (χ1n) is 10.6. The summed E-state index contributed by atoms with van der Waals surface area (Å²) >= 11 is 0. The second-order valence-electron chi connectivity index (χ2n) is 8.82. The van der Waals surface area contributed by atoms with Crippen LogP contribution in [0.15, 0.2) is 42.5 Å². The van der Waals surface area contributed by atoms with Crippen molar-refractivity contribution < 1.29 is 14.3 Å². The number of esters is 1. The van der Waals surface area contributed by atoms with Gasteiger partial charge >= 0.3 is 5.97 Å². The van der Waals surface area contributed by atoms with Crippen LogP contribution in [0, 0.1) is 12.0 Å². The maximum absolute atomic E-state index is 12.6. The number of hydrogen-bond donors (Lipinski definition) is 1. The Morgan fingerprint density at radius 2 is 1.94 bits per heavy atom. The minimum atomic E-state index is -0.335. The average Bonchev–Trinajstić information content (AvgIpc) is 2.77. The first kappa shape index (κ1) is 22.6. The molecular formula is C25H31N3O3. The van der Waals surface area contributed by atoms with Gasteiger partial charge in [0.25, 0.3) is 0 Å². The number of carbonyl (C=O) groups is 1. The lowest BCUT2D eigenvalue weighted by Crippen LogP contribution is -2.45. The van der Waals surface area contributed by atoms with Crippen LogP contribution >= 0.6 is 0 Å². The first-order valence-corrected chi connectivity index (χ1v) is 10.6. The zero-order valence-corrected chi connectivity index (χ0v) is 18.9. The average molecular weight is 422 g/mol. The lowest BCUT2D eigenvalue weighted by Gasteiger charge is -2.43. The van der Waals surface area contributed by atoms with Gasteiger partial charge in [-0.15, -0.1) is 0 Å². The molecule has 6 nitrogen and oxygen atoms in total. The molecule has 0 amide bonds. The Labute approximate surface area is 185 Å². The van der Waals surface area contributed by atoms with E-state index in [-0.39, 0.29) is 23.5 Å². The summed E-state index contributed by atoms with van der Waals surface area (Å²) in [6.07, 6.45) is 0.856. The molecule has 2 atom stereocenters. The summed E-state index contributed by atoms with van der Waals surface area (Å²) in [5.74, 6) is 0.402. The van der Waals surface area contributed by atoms with Gasteiger partial charge in [-0.05, 0) is 69.4 Å². The Hall–Kier alpha value is -3.04. The van der Waals surface area contributed by atoms with Crippen molar-refractivity contribution in [1.29, 1.82) is 0 Å². The normalized spacial score (nSPS) is 18.0. The smallest absolute Gasteiger partial charge is 0.338 e. The number of anilines is 1. The van der Waals surface area contributed by atoms with Crippen LogP contribution in [0.1, 0.15) is 49.2 Å². The first-order chi connectivity index (χ1) is 14.7. The molecule has 1 heterocycles. The van der Waals surface area contributed by atoms with Crippen molar-refractivity contribution in [1.82, 2.24) is 4.90 Å². The molecule has 0 spiro atoms. The number of benzene rings is 2. The Bertz CT molecular complexity index is 961. The molecule has 31 heavy (non-hydrogen) atoms. The quantitative estimate of drug-likeness (QED) is 0.485. The predicted octanol–water partition coefficient (Wildman–Crippen LogP) is 5.31. The Morgan fingerprint density at radius 3 is 2.55 bits per heavy atom. The van der Waals surface area contributed by atoms with E-state index >= 15 is 0 Å². The van der Waals surface area contributed by atoms with Gasteiger partial charge in [-0.25, -0.2) is 9.64 Å². The highest BCUT2D eigenvalue weighted by molar-refractivity contribution is 5.89. The van der Waals surface area contributed by atoms with E-state index in [1.54, 1.807) is 24.3 Å². The highest BCUT2D eigenvalue weighted by Gasteiger charge is 2.38. The van der Waals surface area contributed by atoms with Crippen LogP contribution in [0.2, 0.25) is 0 Å². The van der Waals surface area contributed by atoms with E-state index in [0.29, 0.717) is 24.5 Å². The van der Waals surface area contributed by atoms with Gasteiger partial charge in [0.1, 0.15) is 5.75 Å². The van der Waals surface area contributed by atoms with E-state index in [1.165, 1.54) is 0 Å². The van der Waals surface area contributed by atoms with Gasteiger partial charge < -0.3 is 19.7 Å².